The van der Waals surface area contributed by atoms with Crippen LogP contribution >= 0.6 is 0 Å². The number of furan rings is 1. The molecule has 1 heteroatoms. The van der Waals surface area contributed by atoms with E-state index < -0.39 is 0 Å². The van der Waals surface area contributed by atoms with Crippen molar-refractivity contribution in [2.45, 2.75) is 0 Å². The van der Waals surface area contributed by atoms with Gasteiger partial charge in [-0.2, -0.15) is 0 Å². The Bertz CT molecular complexity index is 3610. The summed E-state index contributed by atoms with van der Waals surface area (Å²) in [5.41, 5.74) is 16.2. The Hall–Kier alpha value is -8.00. The van der Waals surface area contributed by atoms with E-state index in [1.807, 2.05) is 12.1 Å². The summed E-state index contributed by atoms with van der Waals surface area (Å²) in [4.78, 5) is 0. The fourth-order valence-corrected chi connectivity index (χ4v) is 9.43. The van der Waals surface area contributed by atoms with Crippen LogP contribution in [0.1, 0.15) is 0 Å². The van der Waals surface area contributed by atoms with Gasteiger partial charge in [-0.05, 0) is 142 Å². The minimum absolute atomic E-state index is 0.904. The molecule has 1 aromatic heterocycles. The smallest absolute Gasteiger partial charge is 0.135 e. The predicted molar refractivity (Wildman–Crippen MR) is 259 cm³/mol. The monoisotopic (exact) mass is 774 g/mol. The van der Waals surface area contributed by atoms with Crippen LogP contribution in [0.15, 0.2) is 235 Å². The van der Waals surface area contributed by atoms with Crippen molar-refractivity contribution in [3.8, 4) is 66.8 Å². The zero-order chi connectivity index (χ0) is 40.3. The van der Waals surface area contributed by atoms with E-state index in [0.717, 1.165) is 27.5 Å². The number of para-hydroxylation sites is 1. The van der Waals surface area contributed by atoms with E-state index in [9.17, 15) is 0 Å². The lowest BCUT2D eigenvalue weighted by atomic mass is 9.83. The Labute approximate surface area is 354 Å². The first-order valence-corrected chi connectivity index (χ1v) is 21.0. The van der Waals surface area contributed by atoms with Crippen LogP contribution in [0, 0.1) is 0 Å². The summed E-state index contributed by atoms with van der Waals surface area (Å²) in [5.74, 6) is 0. The summed E-state index contributed by atoms with van der Waals surface area (Å²) in [6.07, 6.45) is 0. The highest BCUT2D eigenvalue weighted by molar-refractivity contribution is 6.22. The lowest BCUT2D eigenvalue weighted by Crippen LogP contribution is -1.93. The summed E-state index contributed by atoms with van der Waals surface area (Å²) in [7, 11) is 0. The van der Waals surface area contributed by atoms with Gasteiger partial charge < -0.3 is 4.42 Å². The first-order valence-electron chi connectivity index (χ1n) is 21.0. The number of fused-ring (bicyclic) bond motifs is 6. The summed E-state index contributed by atoms with van der Waals surface area (Å²) >= 11 is 0. The van der Waals surface area contributed by atoms with Crippen LogP contribution in [0.25, 0.3) is 121 Å². The molecule has 11 aromatic carbocycles. The van der Waals surface area contributed by atoms with Crippen molar-refractivity contribution in [3.63, 3.8) is 0 Å². The maximum Gasteiger partial charge on any atom is 0.135 e. The third-order valence-electron chi connectivity index (χ3n) is 12.4. The molecule has 284 valence electrons. The Morgan fingerprint density at radius 3 is 1.36 bits per heavy atom. The van der Waals surface area contributed by atoms with Gasteiger partial charge in [-0.1, -0.05) is 188 Å². The molecule has 0 amide bonds. The van der Waals surface area contributed by atoms with Crippen LogP contribution in [-0.4, -0.2) is 0 Å². The molecule has 0 unspecified atom stereocenters. The molecule has 0 aliphatic heterocycles. The standard InChI is InChI=1S/C60H38O/c1-3-12-39(13-4-1)47-29-32-53-55(37-47)59(43-25-22-42(23-26-43)46-27-24-41-16-7-8-17-44(41)34-46)52-31-28-48(40-14-5-2-6-15-40)38-56(52)60(53)50-19-11-18-45(35-50)49-30-33-58-54(36-49)51-20-9-10-21-57(51)61-58/h1-38H. The van der Waals surface area contributed by atoms with Crippen molar-refractivity contribution >= 4 is 54.3 Å². The van der Waals surface area contributed by atoms with E-state index in [1.54, 1.807) is 0 Å². The maximum atomic E-state index is 6.21. The third-order valence-corrected chi connectivity index (χ3v) is 12.4. The number of hydrogen-bond acceptors (Lipinski definition) is 1. The number of rotatable bonds is 6. The molecule has 0 bridgehead atoms. The van der Waals surface area contributed by atoms with Crippen LogP contribution in [0.4, 0.5) is 0 Å². The van der Waals surface area contributed by atoms with Gasteiger partial charge in [0.25, 0.3) is 0 Å². The van der Waals surface area contributed by atoms with Gasteiger partial charge in [0.2, 0.25) is 0 Å². The lowest BCUT2D eigenvalue weighted by Gasteiger charge is -2.20. The van der Waals surface area contributed by atoms with Crippen molar-refractivity contribution < 1.29 is 4.42 Å². The van der Waals surface area contributed by atoms with Gasteiger partial charge in [0.05, 0.1) is 0 Å². The van der Waals surface area contributed by atoms with E-state index in [4.69, 9.17) is 4.42 Å². The van der Waals surface area contributed by atoms with Crippen molar-refractivity contribution in [1.82, 2.24) is 0 Å². The average molecular weight is 775 g/mol. The van der Waals surface area contributed by atoms with Crippen LogP contribution in [-0.2, 0) is 0 Å². The molecule has 0 radical (unpaired) electrons. The molecule has 0 spiro atoms. The molecule has 0 N–H and O–H groups in total. The highest BCUT2D eigenvalue weighted by atomic mass is 16.3. The Kier molecular flexibility index (Phi) is 8.25. The largest absolute Gasteiger partial charge is 0.456 e. The molecule has 12 rings (SSSR count). The molecule has 0 aliphatic carbocycles. The zero-order valence-electron chi connectivity index (χ0n) is 33.3. The summed E-state index contributed by atoms with van der Waals surface area (Å²) in [6.45, 7) is 0. The Morgan fingerprint density at radius 1 is 0.197 bits per heavy atom. The van der Waals surface area contributed by atoms with E-state index in [2.05, 4.69) is 218 Å². The first-order chi connectivity index (χ1) is 30.2. The number of benzene rings is 11. The van der Waals surface area contributed by atoms with Gasteiger partial charge in [0, 0.05) is 10.8 Å². The Balaban J connectivity index is 1.10. The molecule has 1 nitrogen and oxygen atoms in total. The zero-order valence-corrected chi connectivity index (χ0v) is 33.3. The predicted octanol–water partition coefficient (Wildman–Crippen LogP) is 17.0. The van der Waals surface area contributed by atoms with E-state index in [0.29, 0.717) is 0 Å². The molecule has 61 heavy (non-hydrogen) atoms. The summed E-state index contributed by atoms with van der Waals surface area (Å²) in [5, 5.41) is 9.67. The minimum Gasteiger partial charge on any atom is -0.456 e. The normalized spacial score (nSPS) is 11.6. The van der Waals surface area contributed by atoms with E-state index in [-0.39, 0.29) is 0 Å². The fourth-order valence-electron chi connectivity index (χ4n) is 9.43. The quantitative estimate of drug-likeness (QED) is 0.153. The van der Waals surface area contributed by atoms with Crippen molar-refractivity contribution in [1.29, 1.82) is 0 Å². The first kappa shape index (κ1) is 35.0. The summed E-state index contributed by atoms with van der Waals surface area (Å²) in [6, 6.07) is 84.1. The minimum atomic E-state index is 0.904. The van der Waals surface area contributed by atoms with Gasteiger partial charge in [-0.25, -0.2) is 0 Å². The lowest BCUT2D eigenvalue weighted by molar-refractivity contribution is 0.669. The second-order valence-corrected chi connectivity index (χ2v) is 16.0. The number of hydrogen-bond donors (Lipinski definition) is 0. The van der Waals surface area contributed by atoms with Crippen LogP contribution in [0.2, 0.25) is 0 Å². The van der Waals surface area contributed by atoms with Gasteiger partial charge in [0.15, 0.2) is 0 Å². The van der Waals surface area contributed by atoms with Crippen LogP contribution in [0.5, 0.6) is 0 Å². The molecule has 0 saturated carbocycles. The Morgan fingerprint density at radius 2 is 0.639 bits per heavy atom. The van der Waals surface area contributed by atoms with Gasteiger partial charge in [-0.3, -0.25) is 0 Å². The van der Waals surface area contributed by atoms with Crippen molar-refractivity contribution in [2.75, 3.05) is 0 Å². The SMILES string of the molecule is c1ccc(-c2ccc3c(-c4cccc(-c5ccc6oc7ccccc7c6c5)c4)c4cc(-c5ccccc5)ccc4c(-c4ccc(-c5ccc6ccccc6c5)cc4)c3c2)cc1. The van der Waals surface area contributed by atoms with E-state index in [1.165, 1.54) is 93.5 Å². The second kappa shape index (κ2) is 14.4. The summed E-state index contributed by atoms with van der Waals surface area (Å²) < 4.78 is 6.21. The van der Waals surface area contributed by atoms with Crippen LogP contribution in [0.3, 0.4) is 0 Å². The topological polar surface area (TPSA) is 13.1 Å². The van der Waals surface area contributed by atoms with Crippen molar-refractivity contribution in [3.05, 3.63) is 231 Å². The molecule has 0 fully saturated rings. The van der Waals surface area contributed by atoms with Crippen molar-refractivity contribution in [2.24, 2.45) is 0 Å². The molecule has 0 saturated heterocycles. The fraction of sp³-hybridized carbons (Fsp3) is 0. The van der Waals surface area contributed by atoms with E-state index >= 15 is 0 Å². The average Bonchev–Trinajstić information content (AvgIpc) is 3.71. The molecule has 0 atom stereocenters. The van der Waals surface area contributed by atoms with Gasteiger partial charge in [-0.15, -0.1) is 0 Å². The van der Waals surface area contributed by atoms with Crippen LogP contribution < -0.4 is 0 Å². The van der Waals surface area contributed by atoms with Gasteiger partial charge >= 0.3 is 0 Å². The maximum absolute atomic E-state index is 6.21. The highest BCUT2D eigenvalue weighted by Gasteiger charge is 2.20. The molecule has 0 aliphatic rings. The van der Waals surface area contributed by atoms with Gasteiger partial charge in [0.1, 0.15) is 11.2 Å². The second-order valence-electron chi connectivity index (χ2n) is 16.0. The molecular weight excluding hydrogens is 737 g/mol. The third kappa shape index (κ3) is 6.10. The molecular formula is C60H38O. The molecule has 12 aromatic rings. The molecule has 1 heterocycles. The highest BCUT2D eigenvalue weighted by Crippen LogP contribution is 2.47.